The van der Waals surface area contributed by atoms with Crippen molar-refractivity contribution in [3.05, 3.63) is 299 Å². The minimum Gasteiger partial charge on any atom is -0.445 e. The highest BCUT2D eigenvalue weighted by Crippen LogP contribution is 2.40. The van der Waals surface area contributed by atoms with E-state index in [0.29, 0.717) is 50.7 Å². The Balaban J connectivity index is 0.000000243. The van der Waals surface area contributed by atoms with Gasteiger partial charge in [0.25, 0.3) is 0 Å². The van der Waals surface area contributed by atoms with Crippen LogP contribution in [0.2, 0.25) is 36.3 Å². The Hall–Kier alpha value is -11.1. The number of amides is 4. The number of aldehydes is 1. The predicted octanol–water partition coefficient (Wildman–Crippen LogP) is 21.0. The first-order valence-corrected chi connectivity index (χ1v) is 49.1. The Morgan fingerprint density at radius 2 is 0.695 bits per heavy atom. The zero-order chi connectivity index (χ0) is 93.8. The fourth-order valence-electron chi connectivity index (χ4n) is 12.5. The van der Waals surface area contributed by atoms with Gasteiger partial charge >= 0.3 is 24.4 Å². The van der Waals surface area contributed by atoms with E-state index in [2.05, 4.69) is 141 Å². The molecule has 7 N–H and O–H groups in total. The molecular weight excluding hydrogens is 1670 g/mol. The van der Waals surface area contributed by atoms with Gasteiger partial charge in [-0.1, -0.05) is 279 Å². The van der Waals surface area contributed by atoms with Gasteiger partial charge in [-0.05, 0) is 129 Å². The van der Waals surface area contributed by atoms with Gasteiger partial charge in [0.15, 0.2) is 16.6 Å². The molecule has 690 valence electrons. The van der Waals surface area contributed by atoms with Crippen LogP contribution in [0.1, 0.15) is 154 Å². The first-order valence-electron chi connectivity index (χ1n) is 43.3. The van der Waals surface area contributed by atoms with Gasteiger partial charge in [-0.25, -0.2) is 46.7 Å². The van der Waals surface area contributed by atoms with Crippen molar-refractivity contribution in [1.29, 1.82) is 0 Å². The average molecular weight is 1800 g/mol. The summed E-state index contributed by atoms with van der Waals surface area (Å²) in [6.45, 7) is 41.9. The molecule has 10 aromatic rings. The summed E-state index contributed by atoms with van der Waals surface area (Å²) in [4.78, 5) is 68.8. The highest BCUT2D eigenvalue weighted by molar-refractivity contribution is 6.74. The molecule has 2 unspecified atom stereocenters. The molecule has 0 aliphatic rings. The normalized spacial score (nSPS) is 13.1. The zero-order valence-electron chi connectivity index (χ0n) is 77.4. The van der Waals surface area contributed by atoms with E-state index in [1.165, 1.54) is 12.1 Å². The molecular formula is C100H132F4N10O12Si2. The monoisotopic (exact) mass is 1800 g/mol. The first-order chi connectivity index (χ1) is 60.5. The number of carbonyl (C=O) groups is 5. The lowest BCUT2D eigenvalue weighted by atomic mass is 9.85. The van der Waals surface area contributed by atoms with Crippen LogP contribution in [0.25, 0.3) is 22.5 Å². The predicted molar refractivity (Wildman–Crippen MR) is 501 cm³/mol. The van der Waals surface area contributed by atoms with Crippen molar-refractivity contribution in [2.45, 2.75) is 197 Å². The minimum atomic E-state index is -2.06. The molecule has 6 atom stereocenters. The number of halogens is 4. The SMILES string of the molecule is CC(C)(C)[Si](C)(C)OC(C=O)CNC(=O)OCc1ccccc1.CC(C)(C)[Si](C)(C)OC(CO)CNC(=O)OCc1ccccc1.C[C@@H](CNC(=O)OCc1ccccc1)CN[C@@H](c1nc(-c2cc(F)ccc2F)cn1Cc1ccccc1)C(C)(C)C.C[C@H](CNC(=O)OCc1ccccc1)CN[C@@H](c1nc(-c2cc(F)ccc2F)cn1Cc1ccccc1)C(C)(C)C. The van der Waals surface area contributed by atoms with E-state index >= 15 is 0 Å². The molecule has 0 saturated carbocycles. The van der Waals surface area contributed by atoms with Gasteiger partial charge in [-0.2, -0.15) is 0 Å². The van der Waals surface area contributed by atoms with Crippen molar-refractivity contribution in [3.8, 4) is 22.5 Å². The van der Waals surface area contributed by atoms with Crippen molar-refractivity contribution >= 4 is 47.3 Å². The summed E-state index contributed by atoms with van der Waals surface area (Å²) in [6.07, 6.45) is 1.24. The van der Waals surface area contributed by atoms with E-state index in [1.807, 2.05) is 205 Å². The highest BCUT2D eigenvalue weighted by Gasteiger charge is 2.41. The number of hydrogen-bond acceptors (Lipinski definition) is 16. The van der Waals surface area contributed by atoms with Crippen molar-refractivity contribution in [2.24, 2.45) is 22.7 Å². The summed E-state index contributed by atoms with van der Waals surface area (Å²) in [6, 6.07) is 64.2. The van der Waals surface area contributed by atoms with Gasteiger partial charge in [0.05, 0.1) is 42.7 Å². The van der Waals surface area contributed by atoms with Crippen LogP contribution in [0.5, 0.6) is 0 Å². The molecule has 10 rings (SSSR count). The van der Waals surface area contributed by atoms with Gasteiger partial charge in [0, 0.05) is 69.3 Å². The van der Waals surface area contributed by atoms with Crippen molar-refractivity contribution in [1.82, 2.24) is 51.0 Å². The maximum absolute atomic E-state index is 14.7. The Labute approximate surface area is 755 Å². The number of ether oxygens (including phenoxy) is 4. The van der Waals surface area contributed by atoms with Gasteiger partial charge in [0.1, 0.15) is 73.7 Å². The molecule has 0 spiro atoms. The molecule has 28 heteroatoms. The standard InChI is InChI=1S/2C33H38F2N4O2.C17H29NO4Si.C17H27NO4Si/c2*1-23(19-37-32(40)41-22-25-13-9-6-10-14-25)18-36-30(33(2,3)4)31-38-29(27-17-26(34)15-16-28(27)35)21-39(31)20-24-11-7-5-8-12-24;2*1-17(2,3)23(4,5)22-15(12-19)11-18-16(20)21-13-14-9-7-6-8-10-14/h2*5-17,21,23,30,36H,18-20,22H2,1-4H3,(H,37,40);6-10,15,19H,11-13H2,1-5H3,(H,18,20);6-10,12,15H,11,13H2,1-5H3,(H,18,20)/t23-,30+;23-,30-;;/m10../s1. The molecule has 0 aliphatic heterocycles. The lowest BCUT2D eigenvalue weighted by Gasteiger charge is -2.38. The Bertz CT molecular complexity index is 4800. The number of hydrogen-bond donors (Lipinski definition) is 7. The summed E-state index contributed by atoms with van der Waals surface area (Å²) < 4.78 is 94.5. The summed E-state index contributed by atoms with van der Waals surface area (Å²) in [7, 11) is -4.04. The summed E-state index contributed by atoms with van der Waals surface area (Å²) >= 11 is 0. The number of alkyl carbamates (subject to hydrolysis) is 4. The topological polar surface area (TPSA) is 269 Å². The number of rotatable bonds is 36. The van der Waals surface area contributed by atoms with Crippen LogP contribution in [0.4, 0.5) is 36.7 Å². The third kappa shape index (κ3) is 35.5. The van der Waals surface area contributed by atoms with Gasteiger partial charge in [0.2, 0.25) is 0 Å². The summed E-state index contributed by atoms with van der Waals surface area (Å²) in [5.41, 5.74) is 6.29. The second-order valence-electron chi connectivity index (χ2n) is 37.1. The Morgan fingerprint density at radius 3 is 0.984 bits per heavy atom. The van der Waals surface area contributed by atoms with Crippen LogP contribution in [0, 0.1) is 45.9 Å². The Kier molecular flexibility index (Phi) is 40.6. The number of aliphatic hydroxyl groups is 1. The van der Waals surface area contributed by atoms with E-state index < -0.39 is 76.5 Å². The molecule has 0 saturated heterocycles. The van der Waals surface area contributed by atoms with Crippen LogP contribution in [-0.4, -0.2) is 130 Å². The quantitative estimate of drug-likeness (QED) is 0.00832. The third-order valence-electron chi connectivity index (χ3n) is 21.8. The van der Waals surface area contributed by atoms with Gasteiger partial charge in [-0.3, -0.25) is 0 Å². The molecule has 2 aromatic heterocycles. The molecule has 2 heterocycles. The number of nitrogens with one attached hydrogen (secondary N) is 6. The maximum atomic E-state index is 14.7. The number of benzene rings is 8. The number of aliphatic hydroxyl groups excluding tert-OH is 1. The van der Waals surface area contributed by atoms with E-state index in [4.69, 9.17) is 37.8 Å². The van der Waals surface area contributed by atoms with E-state index in [9.17, 15) is 46.6 Å². The summed E-state index contributed by atoms with van der Waals surface area (Å²) in [5, 5.41) is 27.7. The summed E-state index contributed by atoms with van der Waals surface area (Å²) in [5.74, 6) is -0.472. The van der Waals surface area contributed by atoms with Crippen LogP contribution in [0.15, 0.2) is 231 Å². The van der Waals surface area contributed by atoms with E-state index in [-0.39, 0.29) is 102 Å². The maximum Gasteiger partial charge on any atom is 0.407 e. The molecule has 22 nitrogen and oxygen atoms in total. The smallest absolute Gasteiger partial charge is 0.407 e. The lowest BCUT2D eigenvalue weighted by molar-refractivity contribution is -0.113. The van der Waals surface area contributed by atoms with Crippen molar-refractivity contribution < 1.29 is 74.4 Å². The highest BCUT2D eigenvalue weighted by atomic mass is 28.4. The second kappa shape index (κ2) is 50.0. The third-order valence-corrected chi connectivity index (χ3v) is 30.9. The second-order valence-corrected chi connectivity index (χ2v) is 46.6. The van der Waals surface area contributed by atoms with Gasteiger partial charge in [-0.15, -0.1) is 0 Å². The van der Waals surface area contributed by atoms with Crippen LogP contribution in [-0.2, 0) is 72.1 Å². The molecule has 0 radical (unpaired) electrons. The fourth-order valence-corrected chi connectivity index (χ4v) is 15.1. The first kappa shape index (κ1) is 104. The number of aromatic nitrogens is 4. The average Bonchev–Trinajstić information content (AvgIpc) is 1.63. The van der Waals surface area contributed by atoms with Gasteiger partial charge < -0.3 is 78.7 Å². The Morgan fingerprint density at radius 1 is 0.406 bits per heavy atom. The van der Waals surface area contributed by atoms with Crippen LogP contribution in [0.3, 0.4) is 0 Å². The molecule has 0 bridgehead atoms. The molecule has 8 aromatic carbocycles. The fraction of sp³-hybridized carbons (Fsp3) is 0.410. The van der Waals surface area contributed by atoms with Crippen LogP contribution < -0.4 is 31.9 Å². The van der Waals surface area contributed by atoms with E-state index in [1.54, 1.807) is 12.4 Å². The van der Waals surface area contributed by atoms with Crippen LogP contribution >= 0.6 is 0 Å². The lowest BCUT2D eigenvalue weighted by Crippen LogP contribution is -2.48. The number of imidazole rings is 2. The van der Waals surface area contributed by atoms with Crippen molar-refractivity contribution in [3.63, 3.8) is 0 Å². The number of carbonyl (C=O) groups excluding carboxylic acids is 5. The zero-order valence-corrected chi connectivity index (χ0v) is 79.4. The molecule has 0 fully saturated rings. The number of nitrogens with zero attached hydrogens (tertiary/aromatic N) is 4. The van der Waals surface area contributed by atoms with E-state index in [0.717, 1.165) is 75.6 Å². The minimum absolute atomic E-state index is 0.00206. The molecule has 0 aliphatic carbocycles. The van der Waals surface area contributed by atoms with Crippen molar-refractivity contribution in [2.75, 3.05) is 45.9 Å². The largest absolute Gasteiger partial charge is 0.445 e. The molecule has 128 heavy (non-hydrogen) atoms. The molecule has 4 amide bonds.